The monoisotopic (exact) mass is 293 g/mol. The third-order valence-corrected chi connectivity index (χ3v) is 3.51. The van der Waals surface area contributed by atoms with E-state index in [4.69, 9.17) is 5.11 Å². The van der Waals surface area contributed by atoms with E-state index >= 15 is 0 Å². The van der Waals surface area contributed by atoms with Crippen LogP contribution in [0, 0.1) is 11.3 Å². The molecule has 0 aliphatic heterocycles. The number of aromatic nitrogens is 2. The van der Waals surface area contributed by atoms with Crippen LogP contribution in [0.2, 0.25) is 0 Å². The number of benzene rings is 1. The second-order valence-corrected chi connectivity index (χ2v) is 4.85. The number of aromatic carboxylic acids is 1. The molecule has 0 atom stereocenters. The Morgan fingerprint density at radius 3 is 2.50 bits per heavy atom. The molecule has 2 heterocycles. The van der Waals surface area contributed by atoms with Gasteiger partial charge in [-0.15, -0.1) is 0 Å². The third-order valence-electron chi connectivity index (χ3n) is 3.51. The Balaban J connectivity index is 2.46. The fraction of sp³-hybridized carbons (Fsp3) is 0.0625. The van der Waals surface area contributed by atoms with Crippen LogP contribution in [0.1, 0.15) is 15.9 Å². The maximum absolute atomic E-state index is 12.3. The first-order valence-corrected chi connectivity index (χ1v) is 6.48. The van der Waals surface area contributed by atoms with Gasteiger partial charge in [0.15, 0.2) is 0 Å². The Labute approximate surface area is 125 Å². The minimum absolute atomic E-state index is 0.336. The predicted octanol–water partition coefficient (Wildman–Crippen LogP) is 1.87. The molecule has 3 rings (SSSR count). The number of carboxylic acid groups (broad SMARTS) is 1. The van der Waals surface area contributed by atoms with Gasteiger partial charge in [-0.3, -0.25) is 9.20 Å². The number of nitriles is 1. The van der Waals surface area contributed by atoms with Crippen LogP contribution in [0.4, 0.5) is 0 Å². The van der Waals surface area contributed by atoms with Crippen molar-refractivity contribution in [2.24, 2.45) is 7.05 Å². The molecule has 0 spiro atoms. The fourth-order valence-electron chi connectivity index (χ4n) is 2.53. The zero-order valence-electron chi connectivity index (χ0n) is 11.6. The summed E-state index contributed by atoms with van der Waals surface area (Å²) < 4.78 is 2.69. The van der Waals surface area contributed by atoms with E-state index in [2.05, 4.69) is 6.07 Å². The van der Waals surface area contributed by atoms with Crippen LogP contribution in [-0.4, -0.2) is 20.0 Å². The maximum Gasteiger partial charge on any atom is 0.342 e. The largest absolute Gasteiger partial charge is 0.477 e. The van der Waals surface area contributed by atoms with Crippen molar-refractivity contribution in [1.29, 1.82) is 5.26 Å². The number of hydrogen-bond acceptors (Lipinski definition) is 3. The molecule has 3 aromatic rings. The molecule has 0 fully saturated rings. The molecule has 0 saturated heterocycles. The van der Waals surface area contributed by atoms with Crippen LogP contribution in [-0.2, 0) is 7.05 Å². The van der Waals surface area contributed by atoms with Gasteiger partial charge in [0.1, 0.15) is 22.8 Å². The molecule has 0 amide bonds. The van der Waals surface area contributed by atoms with Crippen molar-refractivity contribution in [3.8, 4) is 17.2 Å². The predicted molar refractivity (Wildman–Crippen MR) is 79.7 cm³/mol. The topological polar surface area (TPSA) is 87.5 Å². The lowest BCUT2D eigenvalue weighted by atomic mass is 10.1. The second kappa shape index (κ2) is 4.90. The maximum atomic E-state index is 12.3. The summed E-state index contributed by atoms with van der Waals surface area (Å²) in [4.78, 5) is 23.5. The van der Waals surface area contributed by atoms with Gasteiger partial charge in [-0.1, -0.05) is 30.3 Å². The minimum Gasteiger partial charge on any atom is -0.477 e. The van der Waals surface area contributed by atoms with E-state index in [0.29, 0.717) is 16.8 Å². The molecular formula is C16H11N3O3. The van der Waals surface area contributed by atoms with Gasteiger partial charge >= 0.3 is 5.97 Å². The molecule has 108 valence electrons. The van der Waals surface area contributed by atoms with Crippen molar-refractivity contribution in [1.82, 2.24) is 8.97 Å². The number of hydrogen-bond donors (Lipinski definition) is 1. The van der Waals surface area contributed by atoms with Gasteiger partial charge < -0.3 is 9.67 Å². The average Bonchev–Trinajstić information content (AvgIpc) is 2.91. The van der Waals surface area contributed by atoms with Crippen LogP contribution in [0.3, 0.4) is 0 Å². The molecule has 0 radical (unpaired) electrons. The highest BCUT2D eigenvalue weighted by Gasteiger charge is 2.19. The zero-order chi connectivity index (χ0) is 15.9. The van der Waals surface area contributed by atoms with E-state index in [0.717, 1.165) is 5.56 Å². The van der Waals surface area contributed by atoms with Crippen molar-refractivity contribution < 1.29 is 9.90 Å². The minimum atomic E-state index is -1.30. The summed E-state index contributed by atoms with van der Waals surface area (Å²) in [6.07, 6.45) is 2.74. The van der Waals surface area contributed by atoms with Gasteiger partial charge in [-0.25, -0.2) is 4.79 Å². The molecule has 0 bridgehead atoms. The van der Waals surface area contributed by atoms with Crippen molar-refractivity contribution in [2.75, 3.05) is 0 Å². The zero-order valence-corrected chi connectivity index (χ0v) is 11.6. The summed E-state index contributed by atoms with van der Waals surface area (Å²) in [5.41, 5.74) is 1.10. The number of carbonyl (C=O) groups is 1. The van der Waals surface area contributed by atoms with Gasteiger partial charge in [0, 0.05) is 25.0 Å². The molecule has 0 unspecified atom stereocenters. The number of nitrogens with zero attached hydrogens (tertiary/aromatic N) is 3. The summed E-state index contributed by atoms with van der Waals surface area (Å²) >= 11 is 0. The van der Waals surface area contributed by atoms with Gasteiger partial charge in [0.05, 0.1) is 0 Å². The van der Waals surface area contributed by atoms with Crippen molar-refractivity contribution >= 4 is 11.6 Å². The highest BCUT2D eigenvalue weighted by Crippen LogP contribution is 2.27. The Hall–Kier alpha value is -3.33. The van der Waals surface area contributed by atoms with Crippen LogP contribution < -0.4 is 5.56 Å². The Kier molecular flexibility index (Phi) is 3.04. The molecule has 0 saturated carbocycles. The molecule has 0 aliphatic carbocycles. The van der Waals surface area contributed by atoms with E-state index in [1.807, 2.05) is 30.3 Å². The van der Waals surface area contributed by atoms with Gasteiger partial charge in [-0.2, -0.15) is 5.26 Å². The molecule has 0 aliphatic rings. The van der Waals surface area contributed by atoms with Crippen molar-refractivity contribution in [3.63, 3.8) is 0 Å². The molecule has 6 heteroatoms. The number of fused-ring (bicyclic) bond motifs is 1. The standard InChI is InChI=1S/C16H11N3O3/c1-18-8-13(16(21)22)15(20)19-9-12(11(7-17)14(18)19)10-5-3-2-4-6-10/h2-6,8-9H,1H3,(H,21,22). The Bertz CT molecular complexity index is 991. The van der Waals surface area contributed by atoms with E-state index in [1.54, 1.807) is 7.05 Å². The fourth-order valence-corrected chi connectivity index (χ4v) is 2.53. The summed E-state index contributed by atoms with van der Waals surface area (Å²) in [6, 6.07) is 11.3. The summed E-state index contributed by atoms with van der Waals surface area (Å²) in [7, 11) is 1.61. The highest BCUT2D eigenvalue weighted by atomic mass is 16.4. The lowest BCUT2D eigenvalue weighted by Gasteiger charge is -2.05. The average molecular weight is 293 g/mol. The van der Waals surface area contributed by atoms with E-state index in [1.165, 1.54) is 21.4 Å². The molecular weight excluding hydrogens is 282 g/mol. The lowest BCUT2D eigenvalue weighted by Crippen LogP contribution is -2.23. The van der Waals surface area contributed by atoms with E-state index < -0.39 is 11.5 Å². The van der Waals surface area contributed by atoms with Crippen LogP contribution >= 0.6 is 0 Å². The third kappa shape index (κ3) is 1.88. The van der Waals surface area contributed by atoms with Crippen LogP contribution in [0.25, 0.3) is 16.8 Å². The van der Waals surface area contributed by atoms with Gasteiger partial charge in [0.25, 0.3) is 5.56 Å². The first-order chi connectivity index (χ1) is 10.5. The summed E-state index contributed by atoms with van der Waals surface area (Å²) in [5, 5.41) is 18.6. The van der Waals surface area contributed by atoms with Crippen molar-refractivity contribution in [3.05, 3.63) is 64.2 Å². The number of carboxylic acids is 1. The molecule has 1 N–H and O–H groups in total. The SMILES string of the molecule is Cn1cc(C(=O)O)c(=O)n2cc(-c3ccccc3)c(C#N)c12. The molecule has 1 aromatic carbocycles. The van der Waals surface area contributed by atoms with Gasteiger partial charge in [0.2, 0.25) is 0 Å². The molecule has 6 nitrogen and oxygen atoms in total. The van der Waals surface area contributed by atoms with Gasteiger partial charge in [-0.05, 0) is 5.56 Å². The molecule has 22 heavy (non-hydrogen) atoms. The molecule has 2 aromatic heterocycles. The quantitative estimate of drug-likeness (QED) is 0.781. The summed E-state index contributed by atoms with van der Waals surface area (Å²) in [5.74, 6) is -1.30. The first-order valence-electron chi connectivity index (χ1n) is 6.48. The second-order valence-electron chi connectivity index (χ2n) is 4.85. The lowest BCUT2D eigenvalue weighted by molar-refractivity contribution is 0.0694. The number of aryl methyl sites for hydroxylation is 1. The van der Waals surface area contributed by atoms with E-state index in [9.17, 15) is 14.9 Å². The normalized spacial score (nSPS) is 10.5. The number of rotatable bonds is 2. The first kappa shape index (κ1) is 13.6. The van der Waals surface area contributed by atoms with Crippen LogP contribution in [0.5, 0.6) is 0 Å². The summed E-state index contributed by atoms with van der Waals surface area (Å²) in [6.45, 7) is 0. The smallest absolute Gasteiger partial charge is 0.342 e. The Morgan fingerprint density at radius 1 is 1.23 bits per heavy atom. The van der Waals surface area contributed by atoms with Crippen molar-refractivity contribution in [2.45, 2.75) is 0 Å². The van der Waals surface area contributed by atoms with E-state index in [-0.39, 0.29) is 5.56 Å². The highest BCUT2D eigenvalue weighted by molar-refractivity contribution is 5.88. The Morgan fingerprint density at radius 2 is 1.91 bits per heavy atom. The van der Waals surface area contributed by atoms with Crippen LogP contribution in [0.15, 0.2) is 47.5 Å².